The highest BCUT2D eigenvalue weighted by atomic mass is 35.5. The Bertz CT molecular complexity index is 1130. The molecule has 0 aliphatic carbocycles. The number of carbonyl (C=O) groups is 2. The van der Waals surface area contributed by atoms with E-state index in [2.05, 4.69) is 10.6 Å². The minimum Gasteiger partial charge on any atom is -0.376 e. The van der Waals surface area contributed by atoms with Crippen molar-refractivity contribution in [3.63, 3.8) is 0 Å². The number of amides is 2. The summed E-state index contributed by atoms with van der Waals surface area (Å²) >= 11 is 6.08. The Morgan fingerprint density at radius 3 is 2.64 bits per heavy atom. The topological polar surface area (TPSA) is 105 Å². The molecule has 2 aromatic rings. The summed E-state index contributed by atoms with van der Waals surface area (Å²) in [5.41, 5.74) is 1.53. The second-order valence-corrected chi connectivity index (χ2v) is 10.3. The smallest absolute Gasteiger partial charge is 0.253 e. The van der Waals surface area contributed by atoms with Gasteiger partial charge in [-0.2, -0.15) is 0 Å². The molecule has 0 radical (unpaired) electrons. The highest BCUT2D eigenvalue weighted by molar-refractivity contribution is 7.92. The molecule has 2 amide bonds. The molecule has 1 aliphatic heterocycles. The van der Waals surface area contributed by atoms with E-state index in [4.69, 9.17) is 16.3 Å². The summed E-state index contributed by atoms with van der Waals surface area (Å²) in [5.74, 6) is -0.932. The van der Waals surface area contributed by atoms with Crippen LogP contribution in [0.15, 0.2) is 42.5 Å². The number of anilines is 2. The number of benzene rings is 2. The molecule has 1 saturated heterocycles. The van der Waals surface area contributed by atoms with Crippen LogP contribution in [0.4, 0.5) is 11.4 Å². The largest absolute Gasteiger partial charge is 0.376 e. The number of hydrogen-bond donors (Lipinski definition) is 2. The van der Waals surface area contributed by atoms with Gasteiger partial charge in [-0.3, -0.25) is 13.9 Å². The maximum absolute atomic E-state index is 13.1. The molecule has 2 unspecified atom stereocenters. The minimum absolute atomic E-state index is 0.0139. The van der Waals surface area contributed by atoms with E-state index in [-0.39, 0.29) is 23.3 Å². The molecule has 8 nitrogen and oxygen atoms in total. The van der Waals surface area contributed by atoms with Crippen molar-refractivity contribution in [1.82, 2.24) is 5.32 Å². The van der Waals surface area contributed by atoms with Crippen LogP contribution < -0.4 is 14.9 Å². The molecule has 1 fully saturated rings. The molecule has 178 valence electrons. The van der Waals surface area contributed by atoms with Crippen molar-refractivity contribution in [3.8, 4) is 0 Å². The number of aryl methyl sites for hydroxylation is 1. The van der Waals surface area contributed by atoms with Gasteiger partial charge in [0.1, 0.15) is 6.04 Å². The maximum atomic E-state index is 13.1. The number of nitrogens with one attached hydrogen (secondary N) is 2. The third kappa shape index (κ3) is 6.25. The Hall–Kier alpha value is -2.62. The molecule has 0 saturated carbocycles. The van der Waals surface area contributed by atoms with Gasteiger partial charge in [-0.25, -0.2) is 8.42 Å². The number of halogens is 1. The SMILES string of the molecule is Cc1ccc(Cl)cc1N(C(C)C(=O)Nc1ccccc1C(=O)NCC1CCCO1)S(C)(=O)=O. The number of nitrogens with zero attached hydrogens (tertiary/aromatic N) is 1. The van der Waals surface area contributed by atoms with Crippen LogP contribution in [-0.2, 0) is 19.6 Å². The van der Waals surface area contributed by atoms with E-state index in [1.165, 1.54) is 13.0 Å². The zero-order chi connectivity index (χ0) is 24.2. The Balaban J connectivity index is 1.81. The maximum Gasteiger partial charge on any atom is 0.253 e. The lowest BCUT2D eigenvalue weighted by Crippen LogP contribution is -2.46. The summed E-state index contributed by atoms with van der Waals surface area (Å²) < 4.78 is 31.8. The van der Waals surface area contributed by atoms with Gasteiger partial charge in [0.15, 0.2) is 0 Å². The summed E-state index contributed by atoms with van der Waals surface area (Å²) in [6.07, 6.45) is 2.87. The van der Waals surface area contributed by atoms with Crippen molar-refractivity contribution >= 4 is 44.8 Å². The lowest BCUT2D eigenvalue weighted by Gasteiger charge is -2.29. The second kappa shape index (κ2) is 10.5. The normalized spacial score (nSPS) is 16.8. The van der Waals surface area contributed by atoms with Crippen molar-refractivity contribution < 1.29 is 22.7 Å². The lowest BCUT2D eigenvalue weighted by molar-refractivity contribution is -0.116. The Morgan fingerprint density at radius 1 is 1.24 bits per heavy atom. The molecule has 0 spiro atoms. The highest BCUT2D eigenvalue weighted by Gasteiger charge is 2.31. The van der Waals surface area contributed by atoms with E-state index in [0.29, 0.717) is 29.4 Å². The van der Waals surface area contributed by atoms with Crippen LogP contribution in [0.3, 0.4) is 0 Å². The minimum atomic E-state index is -3.82. The van der Waals surface area contributed by atoms with Crippen LogP contribution in [0.25, 0.3) is 0 Å². The van der Waals surface area contributed by atoms with E-state index in [0.717, 1.165) is 23.4 Å². The molecule has 1 heterocycles. The standard InChI is InChI=1S/C23H28ClN3O5S/c1-15-10-11-17(24)13-21(15)27(33(3,30)31)16(2)22(28)26-20-9-5-4-8-19(20)23(29)25-14-18-7-6-12-32-18/h4-5,8-11,13,16,18H,6-7,12,14H2,1-3H3,(H,25,29)(H,26,28). The zero-order valence-electron chi connectivity index (χ0n) is 18.8. The lowest BCUT2D eigenvalue weighted by atomic mass is 10.1. The number of ether oxygens (including phenoxy) is 1. The highest BCUT2D eigenvalue weighted by Crippen LogP contribution is 2.29. The summed E-state index contributed by atoms with van der Waals surface area (Å²) in [4.78, 5) is 25.8. The van der Waals surface area contributed by atoms with Crippen LogP contribution in [0.2, 0.25) is 5.02 Å². The summed E-state index contributed by atoms with van der Waals surface area (Å²) in [6.45, 7) is 4.29. The number of para-hydroxylation sites is 1. The fourth-order valence-electron chi connectivity index (χ4n) is 3.74. The zero-order valence-corrected chi connectivity index (χ0v) is 20.4. The van der Waals surface area contributed by atoms with Gasteiger partial charge in [0.05, 0.1) is 29.3 Å². The predicted molar refractivity (Wildman–Crippen MR) is 129 cm³/mol. The van der Waals surface area contributed by atoms with Crippen molar-refractivity contribution in [2.45, 2.75) is 38.8 Å². The number of rotatable bonds is 8. The van der Waals surface area contributed by atoms with E-state index in [1.54, 1.807) is 43.3 Å². The average Bonchev–Trinajstić information content (AvgIpc) is 3.27. The second-order valence-electron chi connectivity index (χ2n) is 8.05. The monoisotopic (exact) mass is 493 g/mol. The van der Waals surface area contributed by atoms with Crippen LogP contribution in [-0.4, -0.2) is 51.8 Å². The molecular formula is C23H28ClN3O5S. The fraction of sp³-hybridized carbons (Fsp3) is 0.391. The van der Waals surface area contributed by atoms with Crippen LogP contribution >= 0.6 is 11.6 Å². The summed E-state index contributed by atoms with van der Waals surface area (Å²) in [5, 5.41) is 5.89. The van der Waals surface area contributed by atoms with Gasteiger partial charge in [-0.1, -0.05) is 29.8 Å². The van der Waals surface area contributed by atoms with Gasteiger partial charge >= 0.3 is 0 Å². The van der Waals surface area contributed by atoms with Gasteiger partial charge in [0.2, 0.25) is 15.9 Å². The van der Waals surface area contributed by atoms with Gasteiger partial charge in [-0.05, 0) is 56.5 Å². The molecule has 2 aromatic carbocycles. The number of carbonyl (C=O) groups excluding carboxylic acids is 2. The van der Waals surface area contributed by atoms with E-state index in [1.807, 2.05) is 0 Å². The van der Waals surface area contributed by atoms with Gasteiger partial charge in [0.25, 0.3) is 5.91 Å². The third-order valence-electron chi connectivity index (χ3n) is 5.44. The van der Waals surface area contributed by atoms with Gasteiger partial charge < -0.3 is 15.4 Å². The first-order valence-electron chi connectivity index (χ1n) is 10.6. The Labute approximate surface area is 199 Å². The molecule has 3 rings (SSSR count). The van der Waals surface area contributed by atoms with Crippen LogP contribution in [0.1, 0.15) is 35.7 Å². The van der Waals surface area contributed by atoms with E-state index < -0.39 is 22.0 Å². The molecule has 33 heavy (non-hydrogen) atoms. The summed E-state index contributed by atoms with van der Waals surface area (Å²) in [6, 6.07) is 10.3. The van der Waals surface area contributed by atoms with Crippen molar-refractivity contribution in [2.24, 2.45) is 0 Å². The molecule has 2 N–H and O–H groups in total. The molecule has 0 bridgehead atoms. The van der Waals surface area contributed by atoms with Crippen molar-refractivity contribution in [2.75, 3.05) is 29.0 Å². The molecule has 0 aromatic heterocycles. The number of hydrogen-bond acceptors (Lipinski definition) is 5. The summed E-state index contributed by atoms with van der Waals surface area (Å²) in [7, 11) is -3.82. The molecule has 10 heteroatoms. The quantitative estimate of drug-likeness (QED) is 0.586. The van der Waals surface area contributed by atoms with Crippen LogP contribution in [0.5, 0.6) is 0 Å². The first kappa shape index (κ1) is 25.0. The van der Waals surface area contributed by atoms with E-state index in [9.17, 15) is 18.0 Å². The Morgan fingerprint density at radius 2 is 1.97 bits per heavy atom. The fourth-order valence-corrected chi connectivity index (χ4v) is 5.13. The predicted octanol–water partition coefficient (Wildman–Crippen LogP) is 3.35. The average molecular weight is 494 g/mol. The van der Waals surface area contributed by atoms with Crippen molar-refractivity contribution in [3.05, 3.63) is 58.6 Å². The molecular weight excluding hydrogens is 466 g/mol. The molecule has 2 atom stereocenters. The molecule has 1 aliphatic rings. The first-order valence-corrected chi connectivity index (χ1v) is 12.9. The Kier molecular flexibility index (Phi) is 7.99. The number of sulfonamides is 1. The van der Waals surface area contributed by atoms with Gasteiger partial charge in [-0.15, -0.1) is 0 Å². The third-order valence-corrected chi connectivity index (χ3v) is 6.90. The van der Waals surface area contributed by atoms with Crippen LogP contribution in [0, 0.1) is 6.92 Å². The van der Waals surface area contributed by atoms with Crippen molar-refractivity contribution in [1.29, 1.82) is 0 Å². The van der Waals surface area contributed by atoms with Gasteiger partial charge in [0, 0.05) is 18.2 Å². The first-order chi connectivity index (χ1) is 15.6. The van der Waals surface area contributed by atoms with E-state index >= 15 is 0 Å².